The molecule has 1 rings (SSSR count). The lowest BCUT2D eigenvalue weighted by Crippen LogP contribution is -2.17. The number of hydrogen-bond acceptors (Lipinski definition) is 0. The lowest BCUT2D eigenvalue weighted by molar-refractivity contribution is 0.385. The summed E-state index contributed by atoms with van der Waals surface area (Å²) in [5, 5.41) is 0. The Labute approximate surface area is 82.7 Å². The van der Waals surface area contributed by atoms with Gasteiger partial charge in [-0.25, -0.2) is 0 Å². The van der Waals surface area contributed by atoms with Gasteiger partial charge in [0, 0.05) is 0 Å². The summed E-state index contributed by atoms with van der Waals surface area (Å²) in [6, 6.07) is 0. The third-order valence-electron chi connectivity index (χ3n) is 3.03. The van der Waals surface area contributed by atoms with Crippen molar-refractivity contribution in [2.45, 2.75) is 46.5 Å². The number of hydrogen-bond donors (Lipinski definition) is 0. The first-order chi connectivity index (χ1) is 6.16. The third-order valence-corrected chi connectivity index (χ3v) is 3.03. The van der Waals surface area contributed by atoms with E-state index in [1.807, 2.05) is 0 Å². The van der Waals surface area contributed by atoms with Gasteiger partial charge < -0.3 is 0 Å². The Kier molecular flexibility index (Phi) is 3.77. The second kappa shape index (κ2) is 4.64. The van der Waals surface area contributed by atoms with Crippen molar-refractivity contribution in [2.24, 2.45) is 11.8 Å². The first-order valence-corrected chi connectivity index (χ1v) is 5.55. The van der Waals surface area contributed by atoms with Crippen molar-refractivity contribution in [2.75, 3.05) is 0 Å². The number of rotatable bonds is 2. The van der Waals surface area contributed by atoms with Crippen LogP contribution in [0.25, 0.3) is 0 Å². The molecule has 74 valence electrons. The van der Waals surface area contributed by atoms with E-state index in [9.17, 15) is 0 Å². The van der Waals surface area contributed by atoms with Crippen LogP contribution < -0.4 is 0 Å². The SMILES string of the molecule is C=C1CCCC(C(C)C)/C1=C/CC. The topological polar surface area (TPSA) is 0 Å². The lowest BCUT2D eigenvalue weighted by atomic mass is 9.75. The quantitative estimate of drug-likeness (QED) is 0.590. The fraction of sp³-hybridized carbons (Fsp3) is 0.692. The zero-order valence-electron chi connectivity index (χ0n) is 9.27. The van der Waals surface area contributed by atoms with Gasteiger partial charge in [0.2, 0.25) is 0 Å². The van der Waals surface area contributed by atoms with E-state index in [0.29, 0.717) is 0 Å². The minimum Gasteiger partial charge on any atom is -0.0956 e. The molecular weight excluding hydrogens is 156 g/mol. The molecule has 0 nitrogen and oxygen atoms in total. The molecule has 1 aliphatic carbocycles. The second-order valence-electron chi connectivity index (χ2n) is 4.41. The first kappa shape index (κ1) is 10.6. The Morgan fingerprint density at radius 1 is 1.54 bits per heavy atom. The molecule has 1 unspecified atom stereocenters. The molecule has 0 heteroatoms. The Bertz CT molecular complexity index is 208. The van der Waals surface area contributed by atoms with Crippen LogP contribution in [0.3, 0.4) is 0 Å². The molecule has 1 saturated carbocycles. The molecule has 1 aliphatic rings. The maximum atomic E-state index is 4.18. The average Bonchev–Trinajstić information content (AvgIpc) is 2.08. The Balaban J connectivity index is 2.80. The summed E-state index contributed by atoms with van der Waals surface area (Å²) in [5.41, 5.74) is 2.95. The average molecular weight is 178 g/mol. The summed E-state index contributed by atoms with van der Waals surface area (Å²) in [6.45, 7) is 11.0. The molecule has 1 atom stereocenters. The Morgan fingerprint density at radius 2 is 2.23 bits per heavy atom. The van der Waals surface area contributed by atoms with Gasteiger partial charge in [0.1, 0.15) is 0 Å². The van der Waals surface area contributed by atoms with Gasteiger partial charge in [-0.1, -0.05) is 39.0 Å². The van der Waals surface area contributed by atoms with Gasteiger partial charge >= 0.3 is 0 Å². The minimum absolute atomic E-state index is 0.773. The van der Waals surface area contributed by atoms with Crippen LogP contribution in [0.1, 0.15) is 46.5 Å². The normalized spacial score (nSPS) is 27.2. The minimum atomic E-state index is 0.773. The van der Waals surface area contributed by atoms with Crippen LogP contribution in [0.4, 0.5) is 0 Å². The molecule has 0 saturated heterocycles. The zero-order valence-corrected chi connectivity index (χ0v) is 9.27. The van der Waals surface area contributed by atoms with Crippen LogP contribution in [0.15, 0.2) is 23.8 Å². The van der Waals surface area contributed by atoms with E-state index in [0.717, 1.165) is 18.3 Å². The van der Waals surface area contributed by atoms with E-state index in [1.54, 1.807) is 5.57 Å². The van der Waals surface area contributed by atoms with Gasteiger partial charge in [-0.15, -0.1) is 0 Å². The second-order valence-corrected chi connectivity index (χ2v) is 4.41. The maximum Gasteiger partial charge on any atom is -0.0139 e. The van der Waals surface area contributed by atoms with Gasteiger partial charge in [0.15, 0.2) is 0 Å². The summed E-state index contributed by atoms with van der Waals surface area (Å²) in [7, 11) is 0. The van der Waals surface area contributed by atoms with Gasteiger partial charge in [-0.2, -0.15) is 0 Å². The first-order valence-electron chi connectivity index (χ1n) is 5.55. The van der Waals surface area contributed by atoms with Crippen molar-refractivity contribution < 1.29 is 0 Å². The van der Waals surface area contributed by atoms with E-state index in [2.05, 4.69) is 33.4 Å². The largest absolute Gasteiger partial charge is 0.0956 e. The van der Waals surface area contributed by atoms with Crippen molar-refractivity contribution in [1.29, 1.82) is 0 Å². The molecule has 1 fully saturated rings. The molecule has 0 amide bonds. The fourth-order valence-corrected chi connectivity index (χ4v) is 2.31. The summed E-state index contributed by atoms with van der Waals surface area (Å²) < 4.78 is 0. The van der Waals surface area contributed by atoms with Crippen LogP contribution in [0.2, 0.25) is 0 Å². The van der Waals surface area contributed by atoms with Crippen LogP contribution in [0, 0.1) is 11.8 Å². The molecular formula is C13H22. The molecule has 0 aromatic rings. The molecule has 0 N–H and O–H groups in total. The molecule has 0 heterocycles. The van der Waals surface area contributed by atoms with Gasteiger partial charge in [0.05, 0.1) is 0 Å². The molecule has 0 spiro atoms. The Hall–Kier alpha value is -0.520. The van der Waals surface area contributed by atoms with Crippen molar-refractivity contribution in [1.82, 2.24) is 0 Å². The van der Waals surface area contributed by atoms with Crippen LogP contribution in [0.5, 0.6) is 0 Å². The van der Waals surface area contributed by atoms with E-state index in [-0.39, 0.29) is 0 Å². The highest BCUT2D eigenvalue weighted by atomic mass is 14.3. The maximum absolute atomic E-state index is 4.18. The van der Waals surface area contributed by atoms with Gasteiger partial charge in [0.25, 0.3) is 0 Å². The molecule has 0 radical (unpaired) electrons. The Morgan fingerprint density at radius 3 is 2.77 bits per heavy atom. The van der Waals surface area contributed by atoms with Crippen molar-refractivity contribution in [3.63, 3.8) is 0 Å². The predicted octanol–water partition coefficient (Wildman–Crippen LogP) is 4.34. The van der Waals surface area contributed by atoms with Crippen molar-refractivity contribution in [3.05, 3.63) is 23.8 Å². The molecule has 0 aliphatic heterocycles. The van der Waals surface area contributed by atoms with Crippen molar-refractivity contribution in [3.8, 4) is 0 Å². The third kappa shape index (κ3) is 2.46. The molecule has 0 aromatic carbocycles. The summed E-state index contributed by atoms with van der Waals surface area (Å²) in [5.74, 6) is 1.55. The summed E-state index contributed by atoms with van der Waals surface area (Å²) in [4.78, 5) is 0. The van der Waals surface area contributed by atoms with E-state index < -0.39 is 0 Å². The predicted molar refractivity (Wildman–Crippen MR) is 59.7 cm³/mol. The zero-order chi connectivity index (χ0) is 9.84. The van der Waals surface area contributed by atoms with Crippen molar-refractivity contribution >= 4 is 0 Å². The van der Waals surface area contributed by atoms with Gasteiger partial charge in [-0.05, 0) is 43.1 Å². The highest BCUT2D eigenvalue weighted by Gasteiger charge is 2.23. The highest BCUT2D eigenvalue weighted by molar-refractivity contribution is 5.32. The molecule has 13 heavy (non-hydrogen) atoms. The fourth-order valence-electron chi connectivity index (χ4n) is 2.31. The van der Waals surface area contributed by atoms with E-state index >= 15 is 0 Å². The number of allylic oxidation sites excluding steroid dienone is 3. The highest BCUT2D eigenvalue weighted by Crippen LogP contribution is 2.37. The van der Waals surface area contributed by atoms with E-state index in [1.165, 1.54) is 24.8 Å². The molecule has 0 aromatic heterocycles. The summed E-state index contributed by atoms with van der Waals surface area (Å²) in [6.07, 6.45) is 7.45. The standard InChI is InChI=1S/C13H22/c1-5-7-13-11(4)8-6-9-12(13)10(2)3/h7,10,12H,4-6,8-9H2,1-3H3/b13-7+. The van der Waals surface area contributed by atoms with E-state index in [4.69, 9.17) is 0 Å². The van der Waals surface area contributed by atoms with Crippen LogP contribution in [-0.4, -0.2) is 0 Å². The van der Waals surface area contributed by atoms with Crippen LogP contribution >= 0.6 is 0 Å². The monoisotopic (exact) mass is 178 g/mol. The lowest BCUT2D eigenvalue weighted by Gasteiger charge is -2.30. The molecule has 0 bridgehead atoms. The smallest absolute Gasteiger partial charge is 0.0139 e. The summed E-state index contributed by atoms with van der Waals surface area (Å²) >= 11 is 0. The van der Waals surface area contributed by atoms with Crippen LogP contribution in [-0.2, 0) is 0 Å². The van der Waals surface area contributed by atoms with Gasteiger partial charge in [-0.3, -0.25) is 0 Å².